The van der Waals surface area contributed by atoms with Crippen LogP contribution >= 0.6 is 0 Å². The van der Waals surface area contributed by atoms with Gasteiger partial charge in [-0.25, -0.2) is 4.98 Å². The van der Waals surface area contributed by atoms with Crippen LogP contribution in [0.4, 0.5) is 5.69 Å². The number of nitrogens with one attached hydrogen (secondary N) is 1. The Morgan fingerprint density at radius 3 is 2.78 bits per heavy atom. The van der Waals surface area contributed by atoms with E-state index in [4.69, 9.17) is 4.98 Å². The molecule has 23 heavy (non-hydrogen) atoms. The van der Waals surface area contributed by atoms with Crippen LogP contribution in [0.5, 0.6) is 5.75 Å². The lowest BCUT2D eigenvalue weighted by Gasteiger charge is -2.29. The number of rotatable bonds is 3. The molecule has 5 heteroatoms. The molecule has 1 fully saturated rings. The number of fused-ring (bicyclic) bond motifs is 1. The molecule has 0 saturated carbocycles. The predicted octanol–water partition coefficient (Wildman–Crippen LogP) is 2.04. The van der Waals surface area contributed by atoms with E-state index in [1.54, 1.807) is 6.07 Å². The second kappa shape index (κ2) is 5.93. The number of aromatic nitrogens is 2. The van der Waals surface area contributed by atoms with E-state index in [-0.39, 0.29) is 0 Å². The van der Waals surface area contributed by atoms with Gasteiger partial charge in [-0.05, 0) is 17.7 Å². The molecule has 1 aliphatic rings. The molecular formula is C18H20N4O. The van der Waals surface area contributed by atoms with Crippen LogP contribution in [-0.2, 0) is 6.42 Å². The van der Waals surface area contributed by atoms with Crippen LogP contribution in [0.25, 0.3) is 5.65 Å². The third-order valence-electron chi connectivity index (χ3n) is 4.34. The van der Waals surface area contributed by atoms with Gasteiger partial charge in [-0.15, -0.1) is 0 Å². The van der Waals surface area contributed by atoms with Crippen LogP contribution in [-0.4, -0.2) is 40.7 Å². The summed E-state index contributed by atoms with van der Waals surface area (Å²) in [5.74, 6) is 0.325. The zero-order valence-electron chi connectivity index (χ0n) is 12.9. The number of pyridine rings is 1. The van der Waals surface area contributed by atoms with Crippen molar-refractivity contribution in [1.29, 1.82) is 0 Å². The smallest absolute Gasteiger partial charge is 0.139 e. The zero-order chi connectivity index (χ0) is 15.6. The van der Waals surface area contributed by atoms with E-state index >= 15 is 0 Å². The van der Waals surface area contributed by atoms with Gasteiger partial charge >= 0.3 is 0 Å². The standard InChI is InChI=1S/C18H20N4O/c23-17-4-2-1-3-14(17)11-15-13-22-8-5-16(12-18(22)20-15)21-9-6-19-7-10-21/h1-5,8,12-13,19,23H,6-7,9-11H2. The molecule has 0 aliphatic carbocycles. The second-order valence-electron chi connectivity index (χ2n) is 5.93. The first-order valence-corrected chi connectivity index (χ1v) is 8.00. The molecular weight excluding hydrogens is 288 g/mol. The first-order valence-electron chi connectivity index (χ1n) is 8.00. The number of nitrogens with zero attached hydrogens (tertiary/aromatic N) is 3. The summed E-state index contributed by atoms with van der Waals surface area (Å²) in [5, 5.41) is 13.3. The molecule has 1 aromatic carbocycles. The number of phenols is 1. The van der Waals surface area contributed by atoms with Crippen LogP contribution in [0, 0.1) is 0 Å². The summed E-state index contributed by atoms with van der Waals surface area (Å²) in [6.45, 7) is 4.11. The van der Waals surface area contributed by atoms with Gasteiger partial charge in [0.25, 0.3) is 0 Å². The highest BCUT2D eigenvalue weighted by atomic mass is 16.3. The first-order chi connectivity index (χ1) is 11.3. The maximum Gasteiger partial charge on any atom is 0.139 e. The molecule has 0 atom stereocenters. The summed E-state index contributed by atoms with van der Waals surface area (Å²) >= 11 is 0. The van der Waals surface area contributed by atoms with Crippen molar-refractivity contribution in [3.8, 4) is 5.75 Å². The molecule has 0 unspecified atom stereocenters. The average molecular weight is 308 g/mol. The van der Waals surface area contributed by atoms with E-state index in [2.05, 4.69) is 28.5 Å². The minimum atomic E-state index is 0.325. The maximum atomic E-state index is 9.91. The van der Waals surface area contributed by atoms with E-state index in [0.29, 0.717) is 12.2 Å². The number of aromatic hydroxyl groups is 1. The molecule has 3 aromatic rings. The Morgan fingerprint density at radius 2 is 1.96 bits per heavy atom. The molecule has 2 N–H and O–H groups in total. The quantitative estimate of drug-likeness (QED) is 0.777. The summed E-state index contributed by atoms with van der Waals surface area (Å²) in [7, 11) is 0. The predicted molar refractivity (Wildman–Crippen MR) is 91.2 cm³/mol. The van der Waals surface area contributed by atoms with Gasteiger partial charge in [0.05, 0.1) is 5.69 Å². The van der Waals surface area contributed by atoms with E-state index in [1.807, 2.05) is 28.8 Å². The van der Waals surface area contributed by atoms with Crippen molar-refractivity contribution in [3.05, 3.63) is 60.0 Å². The second-order valence-corrected chi connectivity index (χ2v) is 5.93. The monoisotopic (exact) mass is 308 g/mol. The third kappa shape index (κ3) is 2.87. The molecule has 5 nitrogen and oxygen atoms in total. The summed E-state index contributed by atoms with van der Waals surface area (Å²) in [5.41, 5.74) is 4.03. The highest BCUT2D eigenvalue weighted by molar-refractivity contribution is 5.57. The van der Waals surface area contributed by atoms with Crippen molar-refractivity contribution in [2.24, 2.45) is 0 Å². The van der Waals surface area contributed by atoms with Crippen molar-refractivity contribution in [2.45, 2.75) is 6.42 Å². The fourth-order valence-electron chi connectivity index (χ4n) is 3.08. The number of hydrogen-bond donors (Lipinski definition) is 2. The molecule has 0 radical (unpaired) electrons. The largest absolute Gasteiger partial charge is 0.508 e. The number of imidazole rings is 1. The van der Waals surface area contributed by atoms with Crippen LogP contribution in [0.3, 0.4) is 0 Å². The fourth-order valence-corrected chi connectivity index (χ4v) is 3.08. The van der Waals surface area contributed by atoms with Crippen molar-refractivity contribution in [1.82, 2.24) is 14.7 Å². The summed E-state index contributed by atoms with van der Waals surface area (Å²) < 4.78 is 2.04. The molecule has 3 heterocycles. The lowest BCUT2D eigenvalue weighted by Crippen LogP contribution is -2.43. The molecule has 1 saturated heterocycles. The van der Waals surface area contributed by atoms with Crippen molar-refractivity contribution in [2.75, 3.05) is 31.1 Å². The Hall–Kier alpha value is -2.53. The van der Waals surface area contributed by atoms with Crippen LogP contribution in [0.15, 0.2) is 48.8 Å². The number of anilines is 1. The number of hydrogen-bond acceptors (Lipinski definition) is 4. The summed E-state index contributed by atoms with van der Waals surface area (Å²) in [6, 6.07) is 11.7. The van der Waals surface area contributed by atoms with Crippen molar-refractivity contribution in [3.63, 3.8) is 0 Å². The molecule has 0 bridgehead atoms. The Kier molecular flexibility index (Phi) is 3.63. The first kappa shape index (κ1) is 14.1. The van der Waals surface area contributed by atoms with Crippen LogP contribution in [0.2, 0.25) is 0 Å². The molecule has 118 valence electrons. The Balaban J connectivity index is 1.61. The van der Waals surface area contributed by atoms with E-state index in [1.165, 1.54) is 5.69 Å². The minimum absolute atomic E-state index is 0.325. The van der Waals surface area contributed by atoms with Gasteiger partial charge < -0.3 is 19.7 Å². The molecule has 4 rings (SSSR count). The van der Waals surface area contributed by atoms with Crippen molar-refractivity contribution < 1.29 is 5.11 Å². The highest BCUT2D eigenvalue weighted by Crippen LogP contribution is 2.21. The Labute approximate surface area is 135 Å². The van der Waals surface area contributed by atoms with E-state index < -0.39 is 0 Å². The normalized spacial score (nSPS) is 15.2. The lowest BCUT2D eigenvalue weighted by atomic mass is 10.1. The van der Waals surface area contributed by atoms with Crippen LogP contribution in [0.1, 0.15) is 11.3 Å². The van der Waals surface area contributed by atoms with Gasteiger partial charge in [0.1, 0.15) is 11.4 Å². The minimum Gasteiger partial charge on any atom is -0.508 e. The Bertz CT molecular complexity index is 821. The van der Waals surface area contributed by atoms with Gasteiger partial charge in [0, 0.05) is 56.7 Å². The third-order valence-corrected chi connectivity index (χ3v) is 4.34. The van der Waals surface area contributed by atoms with E-state index in [0.717, 1.165) is 43.1 Å². The number of piperazine rings is 1. The molecule has 0 spiro atoms. The highest BCUT2D eigenvalue weighted by Gasteiger charge is 2.12. The summed E-state index contributed by atoms with van der Waals surface area (Å²) in [6.07, 6.45) is 4.73. The van der Waals surface area contributed by atoms with Gasteiger partial charge in [0.15, 0.2) is 0 Å². The SMILES string of the molecule is Oc1ccccc1Cc1cn2ccc(N3CCNCC3)cc2n1. The van der Waals surface area contributed by atoms with Gasteiger partial charge in [-0.2, -0.15) is 0 Å². The van der Waals surface area contributed by atoms with Crippen molar-refractivity contribution >= 4 is 11.3 Å². The van der Waals surface area contributed by atoms with Crippen LogP contribution < -0.4 is 10.2 Å². The fraction of sp³-hybridized carbons (Fsp3) is 0.278. The Morgan fingerprint density at radius 1 is 1.13 bits per heavy atom. The van der Waals surface area contributed by atoms with Gasteiger partial charge in [-0.3, -0.25) is 0 Å². The summed E-state index contributed by atoms with van der Waals surface area (Å²) in [4.78, 5) is 7.10. The molecule has 0 amide bonds. The molecule has 2 aromatic heterocycles. The molecule has 1 aliphatic heterocycles. The van der Waals surface area contributed by atoms with Gasteiger partial charge in [-0.1, -0.05) is 18.2 Å². The zero-order valence-corrected chi connectivity index (χ0v) is 12.9. The number of para-hydroxylation sites is 1. The number of benzene rings is 1. The lowest BCUT2D eigenvalue weighted by molar-refractivity contribution is 0.469. The topological polar surface area (TPSA) is 52.8 Å². The average Bonchev–Trinajstić information content (AvgIpc) is 2.99. The van der Waals surface area contributed by atoms with E-state index in [9.17, 15) is 5.11 Å². The number of phenolic OH excluding ortho intramolecular Hbond substituents is 1. The maximum absolute atomic E-state index is 9.91. The van der Waals surface area contributed by atoms with Gasteiger partial charge in [0.2, 0.25) is 0 Å².